The summed E-state index contributed by atoms with van der Waals surface area (Å²) in [5.41, 5.74) is 2.53. The quantitative estimate of drug-likeness (QED) is 0.684. The molecule has 0 saturated carbocycles. The molecule has 5 heterocycles. The second kappa shape index (κ2) is 7.48. The predicted octanol–water partition coefficient (Wildman–Crippen LogP) is 2.99. The fourth-order valence-corrected chi connectivity index (χ4v) is 4.88. The molecule has 0 radical (unpaired) electrons. The molecule has 3 aromatic rings. The molecule has 3 aromatic heterocycles. The smallest absolute Gasteiger partial charge is 0.292 e. The van der Waals surface area contributed by atoms with E-state index in [9.17, 15) is 4.79 Å². The zero-order chi connectivity index (χ0) is 19.7. The van der Waals surface area contributed by atoms with E-state index in [1.54, 1.807) is 12.3 Å². The third-order valence-electron chi connectivity index (χ3n) is 6.26. The Morgan fingerprint density at radius 3 is 2.90 bits per heavy atom. The summed E-state index contributed by atoms with van der Waals surface area (Å²) in [6.45, 7) is 4.57. The third-order valence-corrected chi connectivity index (χ3v) is 6.26. The Hall–Kier alpha value is -2.93. The molecule has 7 heteroatoms. The average Bonchev–Trinajstić information content (AvgIpc) is 3.51. The number of aromatic nitrogens is 3. The molecule has 0 N–H and O–H groups in total. The Kier molecular flexibility index (Phi) is 4.67. The van der Waals surface area contributed by atoms with Gasteiger partial charge in [0.05, 0.1) is 18.1 Å². The van der Waals surface area contributed by atoms with Gasteiger partial charge in [0.25, 0.3) is 5.91 Å². The highest BCUT2D eigenvalue weighted by Gasteiger charge is 2.43. The Morgan fingerprint density at radius 2 is 2.07 bits per heavy atom. The van der Waals surface area contributed by atoms with Crippen molar-refractivity contribution in [3.8, 4) is 5.69 Å². The van der Waals surface area contributed by atoms with Gasteiger partial charge in [-0.2, -0.15) is 0 Å². The van der Waals surface area contributed by atoms with E-state index in [1.807, 2.05) is 17.2 Å². The molecule has 1 amide bonds. The molecule has 2 saturated heterocycles. The van der Waals surface area contributed by atoms with E-state index in [0.29, 0.717) is 5.76 Å². The molecule has 2 aliphatic rings. The molecule has 0 unspecified atom stereocenters. The van der Waals surface area contributed by atoms with Crippen LogP contribution in [0.2, 0.25) is 0 Å². The Balaban J connectivity index is 1.27. The fraction of sp³-hybridized carbons (Fsp3) is 0.409. The number of hydrogen-bond acceptors (Lipinski definition) is 5. The first-order chi connectivity index (χ1) is 14.2. The number of amides is 1. The predicted molar refractivity (Wildman–Crippen MR) is 108 cm³/mol. The topological polar surface area (TPSA) is 67.4 Å². The SMILES string of the molecule is O=C(c1ccno1)N1CCC[C@]2(CCN(Cc3cccn3-c3cccnc3)C2)C1. The van der Waals surface area contributed by atoms with Crippen molar-refractivity contribution in [1.82, 2.24) is 24.5 Å². The van der Waals surface area contributed by atoms with Crippen LogP contribution in [0.15, 0.2) is 59.6 Å². The van der Waals surface area contributed by atoms with Gasteiger partial charge in [0.1, 0.15) is 0 Å². The monoisotopic (exact) mass is 391 g/mol. The van der Waals surface area contributed by atoms with Gasteiger partial charge in [-0.3, -0.25) is 14.7 Å². The van der Waals surface area contributed by atoms with Crippen molar-refractivity contribution in [2.45, 2.75) is 25.8 Å². The van der Waals surface area contributed by atoms with Crippen LogP contribution < -0.4 is 0 Å². The number of nitrogens with zero attached hydrogens (tertiary/aromatic N) is 5. The van der Waals surface area contributed by atoms with E-state index < -0.39 is 0 Å². The van der Waals surface area contributed by atoms with Crippen molar-refractivity contribution in [2.24, 2.45) is 5.41 Å². The minimum atomic E-state index is -0.0366. The number of carbonyl (C=O) groups is 1. The van der Waals surface area contributed by atoms with Gasteiger partial charge in [-0.1, -0.05) is 5.16 Å². The van der Waals surface area contributed by atoms with Crippen molar-refractivity contribution in [1.29, 1.82) is 0 Å². The summed E-state index contributed by atoms with van der Waals surface area (Å²) in [5.74, 6) is 0.302. The van der Waals surface area contributed by atoms with Crippen LogP contribution in [0.25, 0.3) is 5.69 Å². The van der Waals surface area contributed by atoms with Gasteiger partial charge in [0, 0.05) is 55.7 Å². The van der Waals surface area contributed by atoms with Gasteiger partial charge in [0.15, 0.2) is 0 Å². The Morgan fingerprint density at radius 1 is 1.10 bits per heavy atom. The summed E-state index contributed by atoms with van der Waals surface area (Å²) >= 11 is 0. The molecule has 150 valence electrons. The molecule has 2 fully saturated rings. The third kappa shape index (κ3) is 3.58. The fourth-order valence-electron chi connectivity index (χ4n) is 4.88. The minimum absolute atomic E-state index is 0.0366. The number of carbonyl (C=O) groups excluding carboxylic acids is 1. The van der Waals surface area contributed by atoms with Gasteiger partial charge < -0.3 is 14.0 Å². The van der Waals surface area contributed by atoms with Crippen LogP contribution in [-0.2, 0) is 6.54 Å². The standard InChI is InChI=1S/C22H25N5O2/c28-21(20-6-10-24-29-20)26-11-3-7-22(17-26)8-13-25(16-22)15-19-5-2-12-27(19)18-4-1-9-23-14-18/h1-2,4-6,9-10,12,14H,3,7-8,11,13,15-17H2/t22-/m1/s1. The highest BCUT2D eigenvalue weighted by molar-refractivity contribution is 5.91. The lowest BCUT2D eigenvalue weighted by Gasteiger charge is -2.40. The summed E-state index contributed by atoms with van der Waals surface area (Å²) in [7, 11) is 0. The van der Waals surface area contributed by atoms with Crippen LogP contribution in [0.5, 0.6) is 0 Å². The van der Waals surface area contributed by atoms with Gasteiger partial charge in [-0.25, -0.2) is 0 Å². The molecule has 29 heavy (non-hydrogen) atoms. The number of pyridine rings is 1. The number of piperidine rings is 1. The van der Waals surface area contributed by atoms with Gasteiger partial charge in [-0.15, -0.1) is 0 Å². The summed E-state index contributed by atoms with van der Waals surface area (Å²) < 4.78 is 7.29. The lowest BCUT2D eigenvalue weighted by atomic mass is 9.79. The van der Waals surface area contributed by atoms with Crippen LogP contribution in [0, 0.1) is 5.41 Å². The number of rotatable bonds is 4. The van der Waals surface area contributed by atoms with Crippen molar-refractivity contribution >= 4 is 5.91 Å². The molecule has 1 atom stereocenters. The van der Waals surface area contributed by atoms with Crippen LogP contribution in [-0.4, -0.2) is 56.6 Å². The van der Waals surface area contributed by atoms with E-state index in [0.717, 1.165) is 51.3 Å². The molecule has 1 spiro atoms. The van der Waals surface area contributed by atoms with Crippen molar-refractivity contribution in [2.75, 3.05) is 26.2 Å². The summed E-state index contributed by atoms with van der Waals surface area (Å²) in [4.78, 5) is 21.4. The van der Waals surface area contributed by atoms with E-state index >= 15 is 0 Å². The summed E-state index contributed by atoms with van der Waals surface area (Å²) in [6, 6.07) is 9.96. The van der Waals surface area contributed by atoms with Gasteiger partial charge >= 0.3 is 0 Å². The highest BCUT2D eigenvalue weighted by atomic mass is 16.5. The molecule has 0 aliphatic carbocycles. The van der Waals surface area contributed by atoms with E-state index in [1.165, 1.54) is 18.3 Å². The van der Waals surface area contributed by atoms with Crippen LogP contribution in [0.1, 0.15) is 35.5 Å². The van der Waals surface area contributed by atoms with E-state index in [-0.39, 0.29) is 11.3 Å². The largest absolute Gasteiger partial charge is 0.351 e. The number of hydrogen-bond donors (Lipinski definition) is 0. The highest BCUT2D eigenvalue weighted by Crippen LogP contribution is 2.40. The normalized spacial score (nSPS) is 22.4. The molecule has 0 aromatic carbocycles. The summed E-state index contributed by atoms with van der Waals surface area (Å²) in [5, 5.41) is 3.68. The summed E-state index contributed by atoms with van der Waals surface area (Å²) in [6.07, 6.45) is 10.7. The van der Waals surface area contributed by atoms with Crippen LogP contribution >= 0.6 is 0 Å². The van der Waals surface area contributed by atoms with Crippen LogP contribution in [0.3, 0.4) is 0 Å². The van der Waals surface area contributed by atoms with Crippen LogP contribution in [0.4, 0.5) is 0 Å². The van der Waals surface area contributed by atoms with Gasteiger partial charge in [0.2, 0.25) is 5.76 Å². The van der Waals surface area contributed by atoms with Crippen molar-refractivity contribution in [3.05, 3.63) is 66.6 Å². The van der Waals surface area contributed by atoms with Crippen molar-refractivity contribution < 1.29 is 9.32 Å². The van der Waals surface area contributed by atoms with E-state index in [2.05, 4.69) is 44.0 Å². The zero-order valence-corrected chi connectivity index (χ0v) is 16.4. The zero-order valence-electron chi connectivity index (χ0n) is 16.4. The second-order valence-electron chi connectivity index (χ2n) is 8.25. The maximum Gasteiger partial charge on any atom is 0.292 e. The Labute approximate surface area is 169 Å². The van der Waals surface area contributed by atoms with E-state index in [4.69, 9.17) is 4.52 Å². The first kappa shape index (κ1) is 18.1. The molecular formula is C22H25N5O2. The Bertz CT molecular complexity index is 968. The maximum atomic E-state index is 12.7. The first-order valence-corrected chi connectivity index (χ1v) is 10.2. The molecule has 7 nitrogen and oxygen atoms in total. The lowest BCUT2D eigenvalue weighted by molar-refractivity contribution is 0.0489. The number of likely N-dealkylation sites (tertiary alicyclic amines) is 2. The van der Waals surface area contributed by atoms with Crippen molar-refractivity contribution in [3.63, 3.8) is 0 Å². The first-order valence-electron chi connectivity index (χ1n) is 10.2. The lowest BCUT2D eigenvalue weighted by Crippen LogP contribution is -2.47. The molecular weight excluding hydrogens is 366 g/mol. The minimum Gasteiger partial charge on any atom is -0.351 e. The second-order valence-corrected chi connectivity index (χ2v) is 8.25. The molecule has 5 rings (SSSR count). The maximum absolute atomic E-state index is 12.7. The van der Waals surface area contributed by atoms with Gasteiger partial charge in [-0.05, 0) is 50.1 Å². The molecule has 2 aliphatic heterocycles. The molecule has 0 bridgehead atoms. The average molecular weight is 391 g/mol.